The van der Waals surface area contributed by atoms with Crippen LogP contribution in [0.2, 0.25) is 0 Å². The molecule has 1 aliphatic heterocycles. The molecule has 0 aliphatic carbocycles. The summed E-state index contributed by atoms with van der Waals surface area (Å²) in [5.74, 6) is 2.25. The summed E-state index contributed by atoms with van der Waals surface area (Å²) in [4.78, 5) is 11.6. The van der Waals surface area contributed by atoms with Crippen LogP contribution in [0.4, 0.5) is 5.82 Å². The highest BCUT2D eigenvalue weighted by Crippen LogP contribution is 2.17. The van der Waals surface area contributed by atoms with Crippen molar-refractivity contribution in [1.82, 2.24) is 15.6 Å². The van der Waals surface area contributed by atoms with Gasteiger partial charge in [-0.05, 0) is 49.9 Å². The topological polar surface area (TPSA) is 61.8 Å². The second-order valence-corrected chi connectivity index (χ2v) is 8.04. The Labute approximate surface area is 203 Å². The number of aryl methyl sites for hydroxylation is 1. The quantitative estimate of drug-likeness (QED) is 0.317. The molecule has 1 saturated heterocycles. The number of ether oxygens (including phenoxy) is 1. The number of morpholine rings is 1. The van der Waals surface area contributed by atoms with Crippen LogP contribution in [-0.4, -0.2) is 49.8 Å². The number of pyridine rings is 1. The number of nitrogens with one attached hydrogen (secondary N) is 2. The van der Waals surface area contributed by atoms with E-state index in [1.807, 2.05) is 12.3 Å². The van der Waals surface area contributed by atoms with Crippen LogP contribution in [0, 0.1) is 6.92 Å². The summed E-state index contributed by atoms with van der Waals surface area (Å²) in [6.45, 7) is 13.4. The molecule has 0 amide bonds. The highest BCUT2D eigenvalue weighted by molar-refractivity contribution is 14.0. The number of guanidine groups is 1. The van der Waals surface area contributed by atoms with E-state index in [-0.39, 0.29) is 30.1 Å². The predicted molar refractivity (Wildman–Crippen MR) is 140 cm³/mol. The van der Waals surface area contributed by atoms with Gasteiger partial charge in [-0.25, -0.2) is 9.98 Å². The Balaban J connectivity index is 0.00000341. The molecule has 1 aromatic carbocycles. The maximum absolute atomic E-state index is 5.64. The number of aromatic nitrogens is 1. The molecule has 0 bridgehead atoms. The van der Waals surface area contributed by atoms with E-state index in [1.165, 1.54) is 11.1 Å². The van der Waals surface area contributed by atoms with Crippen LogP contribution < -0.4 is 15.5 Å². The molecule has 2 atom stereocenters. The summed E-state index contributed by atoms with van der Waals surface area (Å²) in [6.07, 6.45) is 2.11. The Morgan fingerprint density at radius 1 is 1.29 bits per heavy atom. The van der Waals surface area contributed by atoms with Crippen LogP contribution in [0.25, 0.3) is 0 Å². The van der Waals surface area contributed by atoms with Gasteiger partial charge >= 0.3 is 0 Å². The maximum atomic E-state index is 5.64. The number of hydrogen-bond acceptors (Lipinski definition) is 4. The molecule has 6 nitrogen and oxygen atoms in total. The van der Waals surface area contributed by atoms with Crippen molar-refractivity contribution < 1.29 is 4.74 Å². The highest BCUT2D eigenvalue weighted by Gasteiger charge is 2.18. The molecule has 2 N–H and O–H groups in total. The zero-order valence-corrected chi connectivity index (χ0v) is 21.4. The van der Waals surface area contributed by atoms with Gasteiger partial charge in [-0.2, -0.15) is 0 Å². The molecule has 31 heavy (non-hydrogen) atoms. The molecular formula is C24H36IN5O. The second kappa shape index (κ2) is 12.9. The van der Waals surface area contributed by atoms with E-state index >= 15 is 0 Å². The first-order valence-corrected chi connectivity index (χ1v) is 11.0. The lowest BCUT2D eigenvalue weighted by atomic mass is 9.99. The molecule has 0 saturated carbocycles. The van der Waals surface area contributed by atoms with Gasteiger partial charge in [0.2, 0.25) is 0 Å². The molecule has 0 spiro atoms. The molecule has 1 fully saturated rings. The Morgan fingerprint density at radius 2 is 2.13 bits per heavy atom. The van der Waals surface area contributed by atoms with Crippen LogP contribution in [0.3, 0.4) is 0 Å². The van der Waals surface area contributed by atoms with Crippen LogP contribution in [0.5, 0.6) is 0 Å². The zero-order valence-electron chi connectivity index (χ0n) is 19.1. The molecule has 2 heterocycles. The van der Waals surface area contributed by atoms with Crippen molar-refractivity contribution in [2.45, 2.75) is 46.3 Å². The summed E-state index contributed by atoms with van der Waals surface area (Å²) < 4.78 is 5.64. The Hall–Kier alpha value is -1.87. The Bertz CT molecular complexity index is 844. The van der Waals surface area contributed by atoms with Crippen molar-refractivity contribution >= 4 is 35.8 Å². The predicted octanol–water partition coefficient (Wildman–Crippen LogP) is 4.09. The van der Waals surface area contributed by atoms with Crippen molar-refractivity contribution in [3.05, 3.63) is 59.3 Å². The second-order valence-electron chi connectivity index (χ2n) is 8.04. The molecule has 2 unspecified atom stereocenters. The fourth-order valence-corrected chi connectivity index (χ4v) is 3.61. The highest BCUT2D eigenvalue weighted by atomic mass is 127. The van der Waals surface area contributed by atoms with E-state index in [9.17, 15) is 0 Å². The van der Waals surface area contributed by atoms with Gasteiger partial charge in [0, 0.05) is 32.4 Å². The average Bonchev–Trinajstić information content (AvgIpc) is 2.75. The van der Waals surface area contributed by atoms with E-state index in [2.05, 4.69) is 78.5 Å². The number of benzene rings is 1. The zero-order chi connectivity index (χ0) is 21.3. The number of rotatable bonds is 7. The average molecular weight is 537 g/mol. The van der Waals surface area contributed by atoms with E-state index in [1.54, 1.807) is 0 Å². The summed E-state index contributed by atoms with van der Waals surface area (Å²) in [6, 6.07) is 12.9. The lowest BCUT2D eigenvalue weighted by Gasteiger charge is -2.32. The van der Waals surface area contributed by atoms with Crippen LogP contribution in [-0.2, 0) is 11.3 Å². The van der Waals surface area contributed by atoms with E-state index in [0.29, 0.717) is 12.5 Å². The van der Waals surface area contributed by atoms with Gasteiger partial charge in [-0.3, -0.25) is 0 Å². The lowest BCUT2D eigenvalue weighted by Crippen LogP contribution is -2.41. The summed E-state index contributed by atoms with van der Waals surface area (Å²) in [5.41, 5.74) is 3.79. The van der Waals surface area contributed by atoms with Gasteiger partial charge < -0.3 is 20.3 Å². The monoisotopic (exact) mass is 537 g/mol. The minimum absolute atomic E-state index is 0. The molecular weight excluding hydrogens is 501 g/mol. The van der Waals surface area contributed by atoms with Gasteiger partial charge in [-0.15, -0.1) is 24.0 Å². The van der Waals surface area contributed by atoms with Crippen molar-refractivity contribution in [3.8, 4) is 0 Å². The SMILES string of the molecule is CCNC(=NCc1ccnc(N2CCOC(C)C2)c1)NCC(C)c1cccc(C)c1.I. The van der Waals surface area contributed by atoms with Gasteiger partial charge in [0.05, 0.1) is 19.3 Å². The van der Waals surface area contributed by atoms with Crippen molar-refractivity contribution in [2.75, 3.05) is 37.7 Å². The molecule has 170 valence electrons. The van der Waals surface area contributed by atoms with Crippen LogP contribution >= 0.6 is 24.0 Å². The van der Waals surface area contributed by atoms with Crippen molar-refractivity contribution in [1.29, 1.82) is 0 Å². The molecule has 1 aliphatic rings. The first-order chi connectivity index (χ1) is 14.5. The smallest absolute Gasteiger partial charge is 0.191 e. The van der Waals surface area contributed by atoms with Gasteiger partial charge in [0.15, 0.2) is 5.96 Å². The van der Waals surface area contributed by atoms with Crippen molar-refractivity contribution in [3.63, 3.8) is 0 Å². The molecule has 0 radical (unpaired) electrons. The van der Waals surface area contributed by atoms with Crippen LogP contribution in [0.1, 0.15) is 43.4 Å². The molecule has 3 rings (SSSR count). The number of hydrogen-bond donors (Lipinski definition) is 2. The molecule has 2 aromatic rings. The largest absolute Gasteiger partial charge is 0.375 e. The van der Waals surface area contributed by atoms with Gasteiger partial charge in [0.25, 0.3) is 0 Å². The Kier molecular flexibility index (Phi) is 10.5. The minimum Gasteiger partial charge on any atom is -0.375 e. The van der Waals surface area contributed by atoms with E-state index < -0.39 is 0 Å². The number of aliphatic imine (C=N–C) groups is 1. The maximum Gasteiger partial charge on any atom is 0.191 e. The van der Waals surface area contributed by atoms with Gasteiger partial charge in [-0.1, -0.05) is 36.8 Å². The van der Waals surface area contributed by atoms with Crippen molar-refractivity contribution in [2.24, 2.45) is 4.99 Å². The minimum atomic E-state index is 0. The number of anilines is 1. The van der Waals surface area contributed by atoms with E-state index in [4.69, 9.17) is 9.73 Å². The molecule has 7 heteroatoms. The van der Waals surface area contributed by atoms with Crippen LogP contribution in [0.15, 0.2) is 47.6 Å². The first-order valence-electron chi connectivity index (χ1n) is 11.0. The third-order valence-electron chi connectivity index (χ3n) is 5.33. The molecule has 1 aromatic heterocycles. The Morgan fingerprint density at radius 3 is 2.87 bits per heavy atom. The number of halogens is 1. The van der Waals surface area contributed by atoms with E-state index in [0.717, 1.165) is 50.1 Å². The number of nitrogens with zero attached hydrogens (tertiary/aromatic N) is 3. The lowest BCUT2D eigenvalue weighted by molar-refractivity contribution is 0.0529. The van der Waals surface area contributed by atoms with Gasteiger partial charge in [0.1, 0.15) is 5.82 Å². The fraction of sp³-hybridized carbons (Fsp3) is 0.500. The summed E-state index contributed by atoms with van der Waals surface area (Å²) in [7, 11) is 0. The fourth-order valence-electron chi connectivity index (χ4n) is 3.61. The normalized spacial score (nSPS) is 17.6. The summed E-state index contributed by atoms with van der Waals surface area (Å²) >= 11 is 0. The first kappa shape index (κ1) is 25.4. The summed E-state index contributed by atoms with van der Waals surface area (Å²) in [5, 5.41) is 6.84. The third-order valence-corrected chi connectivity index (χ3v) is 5.33. The third kappa shape index (κ3) is 7.96. The standard InChI is InChI=1S/C24H35N5O.HI/c1-5-25-24(27-15-19(3)22-8-6-7-18(2)13-22)28-16-21-9-10-26-23(14-21)29-11-12-30-20(4)17-29;/h6-10,13-14,19-20H,5,11-12,15-17H2,1-4H3,(H2,25,27,28);1H.